The van der Waals surface area contributed by atoms with E-state index in [1.54, 1.807) is 24.3 Å². The fourth-order valence-corrected chi connectivity index (χ4v) is 6.80. The van der Waals surface area contributed by atoms with Crippen LogP contribution in [0.1, 0.15) is 33.6 Å². The Hall–Kier alpha value is -3.23. The highest BCUT2D eigenvalue weighted by molar-refractivity contribution is 6.38. The summed E-state index contributed by atoms with van der Waals surface area (Å²) in [5.41, 5.74) is -0.947. The first-order chi connectivity index (χ1) is 16.4. The van der Waals surface area contributed by atoms with E-state index >= 15 is 0 Å². The van der Waals surface area contributed by atoms with E-state index in [0.29, 0.717) is 29.8 Å². The van der Waals surface area contributed by atoms with Crippen molar-refractivity contribution in [1.29, 1.82) is 0 Å². The van der Waals surface area contributed by atoms with Crippen LogP contribution < -0.4 is 14.4 Å². The Morgan fingerprint density at radius 3 is 2.26 bits per heavy atom. The van der Waals surface area contributed by atoms with Gasteiger partial charge in [-0.25, -0.2) is 4.90 Å². The van der Waals surface area contributed by atoms with E-state index in [1.807, 2.05) is 4.90 Å². The molecule has 3 saturated heterocycles. The molecule has 3 heterocycles. The van der Waals surface area contributed by atoms with Gasteiger partial charge >= 0.3 is 0 Å². The van der Waals surface area contributed by atoms with Crippen LogP contribution in [0.5, 0.6) is 11.5 Å². The van der Waals surface area contributed by atoms with Crippen molar-refractivity contribution in [1.82, 2.24) is 4.90 Å². The Morgan fingerprint density at radius 2 is 1.65 bits per heavy atom. The predicted octanol–water partition coefficient (Wildman–Crippen LogP) is 2.76. The van der Waals surface area contributed by atoms with Gasteiger partial charge in [0.05, 0.1) is 36.8 Å². The summed E-state index contributed by atoms with van der Waals surface area (Å²) in [4.78, 5) is 58.5. The molecule has 0 radical (unpaired) electrons. The first kappa shape index (κ1) is 21.3. The Labute approximate surface area is 200 Å². The highest BCUT2D eigenvalue weighted by atomic mass is 35.5. The zero-order valence-corrected chi connectivity index (χ0v) is 19.3. The molecule has 34 heavy (non-hydrogen) atoms. The van der Waals surface area contributed by atoms with E-state index in [-0.39, 0.29) is 22.5 Å². The van der Waals surface area contributed by atoms with Crippen LogP contribution in [0, 0.1) is 11.8 Å². The average molecular weight is 481 g/mol. The van der Waals surface area contributed by atoms with Gasteiger partial charge < -0.3 is 9.47 Å². The summed E-state index contributed by atoms with van der Waals surface area (Å²) in [6.07, 6.45) is 1.37. The monoisotopic (exact) mass is 480 g/mol. The molecule has 1 spiro atoms. The second kappa shape index (κ2) is 7.13. The number of ether oxygens (including phenoxy) is 2. The summed E-state index contributed by atoms with van der Waals surface area (Å²) >= 11 is 6.35. The largest absolute Gasteiger partial charge is 0.497 e. The Kier molecular flexibility index (Phi) is 4.47. The zero-order valence-electron chi connectivity index (χ0n) is 18.5. The number of nitrogens with zero attached hydrogens (tertiary/aromatic N) is 2. The second-order valence-electron chi connectivity index (χ2n) is 9.05. The minimum absolute atomic E-state index is 0.145. The lowest BCUT2D eigenvalue weighted by Crippen LogP contribution is -2.59. The number of Topliss-reactive ketones (excluding diaryl/α,β-unsaturated/α-hetero) is 2. The standard InChI is InChI=1S/C25H21ClN2O6/c1-33-12-10-15(26)20(34-2)17(11-12)28-23(31)18-16-8-5-9-27(16)25(19(18)24(28)32)21(29)13-6-3-4-7-14(13)22(25)30/h3-4,6-7,10-11,16,18-19H,5,8-9H2,1-2H3/t16-,18+,19+/m1/s1. The van der Waals surface area contributed by atoms with Crippen LogP contribution in [0.2, 0.25) is 5.02 Å². The van der Waals surface area contributed by atoms with E-state index in [9.17, 15) is 19.2 Å². The quantitative estimate of drug-likeness (QED) is 0.492. The first-order valence-corrected chi connectivity index (χ1v) is 11.5. The summed E-state index contributed by atoms with van der Waals surface area (Å²) in [6, 6.07) is 9.30. The Balaban J connectivity index is 1.55. The van der Waals surface area contributed by atoms with E-state index in [1.165, 1.54) is 26.4 Å². The lowest BCUT2D eigenvalue weighted by molar-refractivity contribution is -0.124. The van der Waals surface area contributed by atoms with Crippen molar-refractivity contribution < 1.29 is 28.7 Å². The topological polar surface area (TPSA) is 93.2 Å². The number of rotatable bonds is 3. The molecule has 8 nitrogen and oxygen atoms in total. The average Bonchev–Trinajstić information content (AvgIpc) is 3.53. The van der Waals surface area contributed by atoms with Crippen molar-refractivity contribution in [3.63, 3.8) is 0 Å². The third kappa shape index (κ3) is 2.32. The fourth-order valence-electron chi connectivity index (χ4n) is 6.52. The van der Waals surface area contributed by atoms with Crippen LogP contribution in [0.3, 0.4) is 0 Å². The van der Waals surface area contributed by atoms with Gasteiger partial charge in [-0.2, -0.15) is 0 Å². The first-order valence-electron chi connectivity index (χ1n) is 11.1. The molecule has 0 unspecified atom stereocenters. The molecular formula is C25H21ClN2O6. The molecular weight excluding hydrogens is 460 g/mol. The normalized spacial score (nSPS) is 26.9. The molecule has 0 aromatic heterocycles. The maximum absolute atomic E-state index is 14.0. The van der Waals surface area contributed by atoms with Gasteiger partial charge in [0.2, 0.25) is 11.8 Å². The van der Waals surface area contributed by atoms with Gasteiger partial charge in [-0.15, -0.1) is 0 Å². The molecule has 1 aliphatic carbocycles. The van der Waals surface area contributed by atoms with Gasteiger partial charge in [0.15, 0.2) is 22.9 Å². The van der Waals surface area contributed by atoms with E-state index in [4.69, 9.17) is 21.1 Å². The lowest BCUT2D eigenvalue weighted by Gasteiger charge is -2.35. The van der Waals surface area contributed by atoms with Crippen molar-refractivity contribution in [3.05, 3.63) is 52.5 Å². The lowest BCUT2D eigenvalue weighted by atomic mass is 9.76. The number of imide groups is 1. The number of carbonyl (C=O) groups is 4. The number of amides is 2. The third-order valence-electron chi connectivity index (χ3n) is 7.75. The van der Waals surface area contributed by atoms with Gasteiger partial charge in [-0.05, 0) is 19.4 Å². The number of methoxy groups -OCH3 is 2. The molecule has 0 saturated carbocycles. The summed E-state index contributed by atoms with van der Waals surface area (Å²) < 4.78 is 10.7. The Bertz CT molecular complexity index is 1270. The van der Waals surface area contributed by atoms with Crippen molar-refractivity contribution >= 4 is 40.7 Å². The molecule has 0 bridgehead atoms. The molecule has 174 valence electrons. The molecule has 3 fully saturated rings. The number of benzene rings is 2. The maximum atomic E-state index is 14.0. The van der Waals surface area contributed by atoms with Crippen molar-refractivity contribution in [3.8, 4) is 11.5 Å². The second-order valence-corrected chi connectivity index (χ2v) is 9.46. The third-order valence-corrected chi connectivity index (χ3v) is 8.04. The molecule has 2 aromatic rings. The smallest absolute Gasteiger partial charge is 0.240 e. The Morgan fingerprint density at radius 1 is 0.971 bits per heavy atom. The molecule has 6 rings (SSSR count). The van der Waals surface area contributed by atoms with Crippen molar-refractivity contribution in [2.24, 2.45) is 11.8 Å². The van der Waals surface area contributed by atoms with Gasteiger partial charge in [0, 0.05) is 29.3 Å². The molecule has 4 aliphatic rings. The molecule has 9 heteroatoms. The highest BCUT2D eigenvalue weighted by Gasteiger charge is 2.77. The van der Waals surface area contributed by atoms with Crippen molar-refractivity contribution in [2.45, 2.75) is 24.4 Å². The van der Waals surface area contributed by atoms with Crippen LogP contribution in [0.25, 0.3) is 0 Å². The SMILES string of the molecule is COc1cc(Cl)c(OC)c(N2C(=O)[C@H]3[C@H]4CCCN4C4(C(=O)c5ccccc5C4=O)[C@@H]3C2=O)c1. The predicted molar refractivity (Wildman–Crippen MR) is 122 cm³/mol. The summed E-state index contributed by atoms with van der Waals surface area (Å²) in [5.74, 6) is -3.29. The van der Waals surface area contributed by atoms with Crippen LogP contribution in [0.4, 0.5) is 5.69 Å². The zero-order chi connectivity index (χ0) is 23.9. The van der Waals surface area contributed by atoms with Crippen LogP contribution >= 0.6 is 11.6 Å². The number of halogens is 1. The van der Waals surface area contributed by atoms with E-state index in [0.717, 1.165) is 11.3 Å². The van der Waals surface area contributed by atoms with E-state index in [2.05, 4.69) is 0 Å². The fraction of sp³-hybridized carbons (Fsp3) is 0.360. The van der Waals surface area contributed by atoms with E-state index < -0.39 is 40.8 Å². The number of ketones is 2. The highest BCUT2D eigenvalue weighted by Crippen LogP contribution is 2.58. The van der Waals surface area contributed by atoms with Gasteiger partial charge in [0.1, 0.15) is 5.75 Å². The summed E-state index contributed by atoms with van der Waals surface area (Å²) in [5, 5.41) is 0.173. The number of anilines is 1. The number of hydrogen-bond acceptors (Lipinski definition) is 7. The molecule has 0 N–H and O–H groups in total. The number of hydrogen-bond donors (Lipinski definition) is 0. The van der Waals surface area contributed by atoms with Gasteiger partial charge in [-0.3, -0.25) is 24.1 Å². The number of fused-ring (bicyclic) bond motifs is 6. The molecule has 3 atom stereocenters. The summed E-state index contributed by atoms with van der Waals surface area (Å²) in [6.45, 7) is 0.484. The minimum atomic E-state index is -1.70. The summed E-state index contributed by atoms with van der Waals surface area (Å²) in [7, 11) is 2.84. The van der Waals surface area contributed by atoms with Gasteiger partial charge in [-0.1, -0.05) is 35.9 Å². The molecule has 2 aromatic carbocycles. The van der Waals surface area contributed by atoms with Crippen molar-refractivity contribution in [2.75, 3.05) is 25.7 Å². The molecule has 3 aliphatic heterocycles. The maximum Gasteiger partial charge on any atom is 0.240 e. The number of carbonyl (C=O) groups excluding carboxylic acids is 4. The minimum Gasteiger partial charge on any atom is -0.497 e. The van der Waals surface area contributed by atoms with Crippen LogP contribution in [-0.2, 0) is 9.59 Å². The van der Waals surface area contributed by atoms with Crippen LogP contribution in [0.15, 0.2) is 36.4 Å². The molecule has 2 amide bonds. The van der Waals surface area contributed by atoms with Crippen LogP contribution in [-0.4, -0.2) is 60.6 Å². The van der Waals surface area contributed by atoms with Gasteiger partial charge in [0.25, 0.3) is 0 Å².